The molecule has 5 nitrogen and oxygen atoms in total. The van der Waals surface area contributed by atoms with E-state index in [9.17, 15) is 9.59 Å². The maximum Gasteiger partial charge on any atom is 0.266 e. The third-order valence-corrected chi connectivity index (χ3v) is 6.47. The van der Waals surface area contributed by atoms with Gasteiger partial charge in [-0.3, -0.25) is 14.2 Å². The number of nitrogens with zero attached hydrogens (tertiary/aromatic N) is 3. The van der Waals surface area contributed by atoms with E-state index in [0.717, 1.165) is 36.3 Å². The number of piperidine rings is 1. The number of benzene rings is 2. The molecule has 4 rings (SSSR count). The molecule has 1 amide bonds. The molecular formula is C24H27N3O2S. The van der Waals surface area contributed by atoms with Crippen molar-refractivity contribution in [2.45, 2.75) is 38.8 Å². The van der Waals surface area contributed by atoms with E-state index in [-0.39, 0.29) is 17.2 Å². The van der Waals surface area contributed by atoms with Gasteiger partial charge in [-0.2, -0.15) is 0 Å². The summed E-state index contributed by atoms with van der Waals surface area (Å²) in [5.74, 6) is 0.934. The van der Waals surface area contributed by atoms with Gasteiger partial charge in [-0.1, -0.05) is 36.9 Å². The molecule has 2 heterocycles. The number of aromatic nitrogens is 2. The summed E-state index contributed by atoms with van der Waals surface area (Å²) in [6, 6.07) is 13.4. The van der Waals surface area contributed by atoms with Crippen LogP contribution in [0.2, 0.25) is 0 Å². The van der Waals surface area contributed by atoms with Gasteiger partial charge in [0.25, 0.3) is 5.56 Å². The quantitative estimate of drug-likeness (QED) is 0.464. The summed E-state index contributed by atoms with van der Waals surface area (Å²) in [5, 5.41) is 1.14. The molecule has 1 atom stereocenters. The van der Waals surface area contributed by atoms with Crippen LogP contribution in [-0.2, 0) is 4.79 Å². The first kappa shape index (κ1) is 20.7. The molecule has 1 aliphatic rings. The van der Waals surface area contributed by atoms with Crippen molar-refractivity contribution in [3.8, 4) is 5.69 Å². The number of para-hydroxylation sites is 1. The van der Waals surface area contributed by atoms with Gasteiger partial charge in [0.05, 0.1) is 22.3 Å². The Morgan fingerprint density at radius 3 is 2.63 bits per heavy atom. The Morgan fingerprint density at radius 2 is 1.90 bits per heavy atom. The van der Waals surface area contributed by atoms with Gasteiger partial charge in [-0.15, -0.1) is 0 Å². The summed E-state index contributed by atoms with van der Waals surface area (Å²) in [5.41, 5.74) is 3.51. The number of likely N-dealkylation sites (tertiary alicyclic amines) is 1. The van der Waals surface area contributed by atoms with Gasteiger partial charge in [0.15, 0.2) is 5.16 Å². The third-order valence-electron chi connectivity index (χ3n) is 5.54. The fourth-order valence-electron chi connectivity index (χ4n) is 4.15. The van der Waals surface area contributed by atoms with E-state index in [1.807, 2.05) is 49.1 Å². The first-order valence-electron chi connectivity index (χ1n) is 10.4. The monoisotopic (exact) mass is 421 g/mol. The molecule has 2 aromatic carbocycles. The van der Waals surface area contributed by atoms with Crippen molar-refractivity contribution in [2.75, 3.05) is 18.8 Å². The van der Waals surface area contributed by atoms with Gasteiger partial charge in [0, 0.05) is 13.1 Å². The molecule has 0 N–H and O–H groups in total. The minimum atomic E-state index is -0.104. The summed E-state index contributed by atoms with van der Waals surface area (Å²) >= 11 is 1.35. The lowest BCUT2D eigenvalue weighted by Crippen LogP contribution is -2.40. The number of carbonyl (C=O) groups is 1. The molecule has 30 heavy (non-hydrogen) atoms. The van der Waals surface area contributed by atoms with Crippen LogP contribution in [0.5, 0.6) is 0 Å². The zero-order valence-electron chi connectivity index (χ0n) is 17.7. The van der Waals surface area contributed by atoms with Gasteiger partial charge in [-0.05, 0) is 68.0 Å². The summed E-state index contributed by atoms with van der Waals surface area (Å²) in [4.78, 5) is 32.9. The number of carbonyl (C=O) groups excluding carboxylic acids is 1. The molecule has 3 aromatic rings. The molecule has 0 radical (unpaired) electrons. The third kappa shape index (κ3) is 4.29. The molecule has 0 aliphatic carbocycles. The summed E-state index contributed by atoms with van der Waals surface area (Å²) in [6.45, 7) is 7.86. The van der Waals surface area contributed by atoms with Gasteiger partial charge < -0.3 is 4.90 Å². The molecule has 0 unspecified atom stereocenters. The second-order valence-corrected chi connectivity index (χ2v) is 9.22. The van der Waals surface area contributed by atoms with Crippen molar-refractivity contribution in [3.05, 3.63) is 63.9 Å². The molecule has 6 heteroatoms. The molecule has 0 spiro atoms. The van der Waals surface area contributed by atoms with Crippen LogP contribution >= 0.6 is 11.8 Å². The van der Waals surface area contributed by atoms with Crippen molar-refractivity contribution in [3.63, 3.8) is 0 Å². The smallest absolute Gasteiger partial charge is 0.266 e. The second-order valence-electron chi connectivity index (χ2n) is 8.27. The normalized spacial score (nSPS) is 16.8. The van der Waals surface area contributed by atoms with Crippen molar-refractivity contribution in [2.24, 2.45) is 5.92 Å². The Balaban J connectivity index is 1.72. The first-order chi connectivity index (χ1) is 14.4. The fourth-order valence-corrected chi connectivity index (χ4v) is 5.07. The predicted molar refractivity (Wildman–Crippen MR) is 123 cm³/mol. The lowest BCUT2D eigenvalue weighted by Gasteiger charge is -2.30. The molecular weight excluding hydrogens is 394 g/mol. The van der Waals surface area contributed by atoms with Crippen LogP contribution in [0.25, 0.3) is 16.6 Å². The minimum Gasteiger partial charge on any atom is -0.342 e. The van der Waals surface area contributed by atoms with Crippen molar-refractivity contribution in [1.29, 1.82) is 0 Å². The average Bonchev–Trinajstić information content (AvgIpc) is 2.71. The van der Waals surface area contributed by atoms with E-state index in [2.05, 4.69) is 13.0 Å². The van der Waals surface area contributed by atoms with Crippen LogP contribution in [0, 0.1) is 19.8 Å². The molecule has 1 aromatic heterocycles. The van der Waals surface area contributed by atoms with E-state index >= 15 is 0 Å². The second kappa shape index (κ2) is 8.64. The molecule has 0 bridgehead atoms. The van der Waals surface area contributed by atoms with E-state index in [1.54, 1.807) is 10.6 Å². The molecule has 0 saturated carbocycles. The molecule has 1 fully saturated rings. The highest BCUT2D eigenvalue weighted by atomic mass is 32.2. The van der Waals surface area contributed by atoms with Crippen LogP contribution < -0.4 is 5.56 Å². The highest BCUT2D eigenvalue weighted by Gasteiger charge is 2.22. The van der Waals surface area contributed by atoms with Gasteiger partial charge in [-0.25, -0.2) is 4.98 Å². The topological polar surface area (TPSA) is 55.2 Å². The minimum absolute atomic E-state index is 0.104. The Bertz CT molecular complexity index is 1130. The number of amides is 1. The summed E-state index contributed by atoms with van der Waals surface area (Å²) in [7, 11) is 0. The lowest BCUT2D eigenvalue weighted by atomic mass is 10.0. The van der Waals surface area contributed by atoms with Crippen molar-refractivity contribution in [1.82, 2.24) is 14.5 Å². The zero-order chi connectivity index (χ0) is 21.3. The molecule has 1 saturated heterocycles. The number of hydrogen-bond acceptors (Lipinski definition) is 4. The lowest BCUT2D eigenvalue weighted by molar-refractivity contribution is -0.130. The van der Waals surface area contributed by atoms with E-state index in [4.69, 9.17) is 4.98 Å². The zero-order valence-corrected chi connectivity index (χ0v) is 18.5. The molecule has 1 aliphatic heterocycles. The Kier molecular flexibility index (Phi) is 5.95. The number of rotatable bonds is 4. The maximum atomic E-state index is 13.4. The number of thioether (sulfide) groups is 1. The van der Waals surface area contributed by atoms with Crippen LogP contribution in [0.15, 0.2) is 52.4 Å². The number of fused-ring (bicyclic) bond motifs is 1. The molecule has 156 valence electrons. The van der Waals surface area contributed by atoms with Crippen LogP contribution in [0.3, 0.4) is 0 Å². The van der Waals surface area contributed by atoms with Crippen molar-refractivity contribution >= 4 is 28.6 Å². The number of aryl methyl sites for hydroxylation is 2. The van der Waals surface area contributed by atoms with Gasteiger partial charge >= 0.3 is 0 Å². The van der Waals surface area contributed by atoms with E-state index in [0.29, 0.717) is 22.0 Å². The Morgan fingerprint density at radius 1 is 1.17 bits per heavy atom. The number of hydrogen-bond donors (Lipinski definition) is 0. The average molecular weight is 422 g/mol. The standard InChI is InChI=1S/C24H27N3O2S/c1-16-7-6-10-26(14-16)22(28)15-30-24-25-21-9-5-4-8-20(21)23(29)27(24)19-12-17(2)11-18(3)13-19/h4-5,8-9,11-13,16H,6-7,10,14-15H2,1-3H3/t16-/m1/s1. The SMILES string of the molecule is Cc1cc(C)cc(-n2c(SCC(=O)N3CCC[C@@H](C)C3)nc3ccccc3c2=O)c1. The maximum absolute atomic E-state index is 13.4. The van der Waals surface area contributed by atoms with E-state index < -0.39 is 0 Å². The summed E-state index contributed by atoms with van der Waals surface area (Å²) < 4.78 is 1.65. The van der Waals surface area contributed by atoms with Gasteiger partial charge in [0.2, 0.25) is 5.91 Å². The highest BCUT2D eigenvalue weighted by Crippen LogP contribution is 2.24. The predicted octanol–water partition coefficient (Wildman–Crippen LogP) is 4.35. The van der Waals surface area contributed by atoms with Crippen LogP contribution in [-0.4, -0.2) is 39.2 Å². The van der Waals surface area contributed by atoms with Crippen molar-refractivity contribution < 1.29 is 4.79 Å². The largest absolute Gasteiger partial charge is 0.342 e. The Hall–Kier alpha value is -2.60. The van der Waals surface area contributed by atoms with E-state index in [1.165, 1.54) is 18.2 Å². The van der Waals surface area contributed by atoms with Crippen LogP contribution in [0.4, 0.5) is 0 Å². The van der Waals surface area contributed by atoms with Crippen LogP contribution in [0.1, 0.15) is 30.9 Å². The van der Waals surface area contributed by atoms with Gasteiger partial charge in [0.1, 0.15) is 0 Å². The highest BCUT2D eigenvalue weighted by molar-refractivity contribution is 7.99. The summed E-state index contributed by atoms with van der Waals surface area (Å²) in [6.07, 6.45) is 2.23. The first-order valence-corrected chi connectivity index (χ1v) is 11.4. The Labute approximate surface area is 181 Å². The fraction of sp³-hybridized carbons (Fsp3) is 0.375.